The van der Waals surface area contributed by atoms with Crippen LogP contribution >= 0.6 is 0 Å². The summed E-state index contributed by atoms with van der Waals surface area (Å²) < 4.78 is 6.87. The predicted octanol–water partition coefficient (Wildman–Crippen LogP) is 4.44. The average molecular weight is 548 g/mol. The highest BCUT2D eigenvalue weighted by Crippen LogP contribution is 2.64. The molecule has 2 bridgehead atoms. The lowest BCUT2D eigenvalue weighted by Gasteiger charge is -2.39. The summed E-state index contributed by atoms with van der Waals surface area (Å²) in [6.45, 7) is 9.55. The molecule has 214 valence electrons. The highest BCUT2D eigenvalue weighted by molar-refractivity contribution is 6.05. The molecule has 40 heavy (non-hydrogen) atoms. The number of amides is 3. The van der Waals surface area contributed by atoms with Crippen LogP contribution in [0.4, 0.5) is 11.4 Å². The average Bonchev–Trinajstić information content (AvgIpc) is 3.55. The molecule has 0 aromatic heterocycles. The van der Waals surface area contributed by atoms with Crippen LogP contribution in [0.3, 0.4) is 0 Å². The van der Waals surface area contributed by atoms with Gasteiger partial charge in [-0.25, -0.2) is 0 Å². The summed E-state index contributed by atoms with van der Waals surface area (Å²) in [5, 5.41) is 16.7. The summed E-state index contributed by atoms with van der Waals surface area (Å²) in [4.78, 5) is 44.3. The van der Waals surface area contributed by atoms with E-state index in [2.05, 4.69) is 10.6 Å². The van der Waals surface area contributed by atoms with Crippen LogP contribution in [0, 0.1) is 31.6 Å². The van der Waals surface area contributed by atoms with Gasteiger partial charge in [0.1, 0.15) is 11.6 Å². The van der Waals surface area contributed by atoms with Crippen molar-refractivity contribution in [3.05, 3.63) is 59.7 Å². The van der Waals surface area contributed by atoms with E-state index in [1.54, 1.807) is 4.90 Å². The largest absolute Gasteiger partial charge is 0.394 e. The minimum atomic E-state index is -1.16. The van der Waals surface area contributed by atoms with E-state index in [-0.39, 0.29) is 30.2 Å². The number of anilines is 2. The Balaban J connectivity index is 1.60. The van der Waals surface area contributed by atoms with Crippen molar-refractivity contribution in [2.45, 2.75) is 83.6 Å². The second-order valence-corrected chi connectivity index (χ2v) is 11.8. The van der Waals surface area contributed by atoms with Gasteiger partial charge < -0.3 is 25.4 Å². The first-order valence-electron chi connectivity index (χ1n) is 14.5. The molecule has 0 radical (unpaired) electrons. The van der Waals surface area contributed by atoms with Crippen LogP contribution in [0.2, 0.25) is 0 Å². The number of fused-ring (bicyclic) bond motifs is 1. The standard InChI is InChI=1S/C32H41N3O5/c1-6-19(3)23(18-36)35-27(29(38)34-26-20(4)12-11-13-21(26)5)32-17-16-31(7-2,40-32)24(25(32)30(35)39)28(37)33-22-14-9-8-10-15-22/h8-15,19,23-25,27,36H,6-7,16-18H2,1-5H3,(H,33,37)(H,34,38)/t19-,23-,24-,25-,27?,31+,32?/m0/s1. The molecule has 2 unspecified atom stereocenters. The number of carbonyl (C=O) groups excluding carboxylic acids is 3. The number of benzene rings is 2. The van der Waals surface area contributed by atoms with E-state index in [9.17, 15) is 19.5 Å². The third kappa shape index (κ3) is 4.23. The zero-order valence-corrected chi connectivity index (χ0v) is 24.1. The lowest BCUT2D eigenvalue weighted by atomic mass is 9.65. The van der Waals surface area contributed by atoms with Crippen LogP contribution < -0.4 is 10.6 Å². The first kappa shape index (κ1) is 28.3. The monoisotopic (exact) mass is 547 g/mol. The summed E-state index contributed by atoms with van der Waals surface area (Å²) in [5.74, 6) is -2.54. The maximum absolute atomic E-state index is 14.5. The van der Waals surface area contributed by atoms with E-state index in [0.29, 0.717) is 30.6 Å². The van der Waals surface area contributed by atoms with Crippen LogP contribution in [0.25, 0.3) is 0 Å². The van der Waals surface area contributed by atoms with Gasteiger partial charge in [-0.05, 0) is 62.3 Å². The Morgan fingerprint density at radius 2 is 1.70 bits per heavy atom. The lowest BCUT2D eigenvalue weighted by Crippen LogP contribution is -2.57. The van der Waals surface area contributed by atoms with Crippen LogP contribution in [0.15, 0.2) is 48.5 Å². The van der Waals surface area contributed by atoms with Crippen molar-refractivity contribution < 1.29 is 24.2 Å². The molecule has 2 aromatic carbocycles. The molecule has 5 rings (SSSR count). The number of rotatable bonds is 9. The van der Waals surface area contributed by atoms with Crippen molar-refractivity contribution in [2.24, 2.45) is 17.8 Å². The summed E-state index contributed by atoms with van der Waals surface area (Å²) >= 11 is 0. The fourth-order valence-corrected chi connectivity index (χ4v) is 7.47. The van der Waals surface area contributed by atoms with Gasteiger partial charge in [-0.15, -0.1) is 0 Å². The number of nitrogens with one attached hydrogen (secondary N) is 2. The van der Waals surface area contributed by atoms with Crippen LogP contribution in [0.5, 0.6) is 0 Å². The van der Waals surface area contributed by atoms with Gasteiger partial charge in [0.15, 0.2) is 0 Å². The van der Waals surface area contributed by atoms with Gasteiger partial charge >= 0.3 is 0 Å². The highest BCUT2D eigenvalue weighted by atomic mass is 16.5. The zero-order valence-electron chi connectivity index (χ0n) is 24.1. The molecule has 2 aromatic rings. The molecule has 3 aliphatic heterocycles. The van der Waals surface area contributed by atoms with E-state index in [1.807, 2.05) is 83.1 Å². The van der Waals surface area contributed by atoms with Gasteiger partial charge in [-0.3, -0.25) is 14.4 Å². The predicted molar refractivity (Wildman–Crippen MR) is 154 cm³/mol. The molecule has 0 aliphatic carbocycles. The van der Waals surface area contributed by atoms with Gasteiger partial charge in [0.05, 0.1) is 30.1 Å². The third-order valence-corrected chi connectivity index (χ3v) is 9.77. The Labute approximate surface area is 236 Å². The molecular weight excluding hydrogens is 506 g/mol. The second-order valence-electron chi connectivity index (χ2n) is 11.8. The van der Waals surface area contributed by atoms with Crippen molar-refractivity contribution in [2.75, 3.05) is 17.2 Å². The SMILES string of the molecule is CC[C@H](C)[C@H](CO)N1C(=O)[C@@H]2[C@@H](C(=O)Nc3ccccc3)[C@@]3(CC)CCC2(O3)C1C(=O)Nc1c(C)cccc1C. The number of likely N-dealkylation sites (tertiary alicyclic amines) is 1. The number of nitrogens with zero attached hydrogens (tertiary/aromatic N) is 1. The van der Waals surface area contributed by atoms with Crippen molar-refractivity contribution in [3.63, 3.8) is 0 Å². The summed E-state index contributed by atoms with van der Waals surface area (Å²) in [7, 11) is 0. The number of aliphatic hydroxyl groups excluding tert-OH is 1. The lowest BCUT2D eigenvalue weighted by molar-refractivity contribution is -0.149. The van der Waals surface area contributed by atoms with E-state index in [1.165, 1.54) is 0 Å². The topological polar surface area (TPSA) is 108 Å². The quantitative estimate of drug-likeness (QED) is 0.430. The van der Waals surface area contributed by atoms with Crippen molar-refractivity contribution >= 4 is 29.1 Å². The van der Waals surface area contributed by atoms with Crippen LogP contribution in [0.1, 0.15) is 57.6 Å². The number of aryl methyl sites for hydroxylation is 2. The normalized spacial score (nSPS) is 30.2. The third-order valence-electron chi connectivity index (χ3n) is 9.77. The minimum absolute atomic E-state index is 0.0615. The van der Waals surface area contributed by atoms with Crippen LogP contribution in [-0.4, -0.2) is 57.6 Å². The summed E-state index contributed by atoms with van der Waals surface area (Å²) in [5.41, 5.74) is 1.19. The molecule has 3 saturated heterocycles. The number of hydrogen-bond donors (Lipinski definition) is 3. The van der Waals surface area contributed by atoms with Gasteiger partial charge in [0.25, 0.3) is 0 Å². The highest BCUT2D eigenvalue weighted by Gasteiger charge is 2.79. The molecule has 3 aliphatic rings. The molecular formula is C32H41N3O5. The molecule has 7 atom stereocenters. The summed E-state index contributed by atoms with van der Waals surface area (Å²) in [6.07, 6.45) is 2.33. The minimum Gasteiger partial charge on any atom is -0.394 e. The fourth-order valence-electron chi connectivity index (χ4n) is 7.47. The van der Waals surface area contributed by atoms with Gasteiger partial charge in [0, 0.05) is 11.4 Å². The Morgan fingerprint density at radius 1 is 1.02 bits per heavy atom. The van der Waals surface area contributed by atoms with Gasteiger partial charge in [0.2, 0.25) is 17.7 Å². The molecule has 8 nitrogen and oxygen atoms in total. The fraction of sp³-hybridized carbons (Fsp3) is 0.531. The molecule has 8 heteroatoms. The first-order chi connectivity index (χ1) is 19.1. The van der Waals surface area contributed by atoms with E-state index in [0.717, 1.165) is 17.5 Å². The first-order valence-corrected chi connectivity index (χ1v) is 14.5. The van der Waals surface area contributed by atoms with Crippen LogP contribution in [-0.2, 0) is 19.1 Å². The molecule has 3 amide bonds. The molecule has 1 spiro atoms. The van der Waals surface area contributed by atoms with Gasteiger partial charge in [-0.2, -0.15) is 0 Å². The maximum atomic E-state index is 14.5. The molecule has 3 heterocycles. The number of carbonyl (C=O) groups is 3. The number of para-hydroxylation sites is 2. The number of aliphatic hydroxyl groups is 1. The Hall–Kier alpha value is -3.23. The Morgan fingerprint density at radius 3 is 2.30 bits per heavy atom. The smallest absolute Gasteiger partial charge is 0.250 e. The van der Waals surface area contributed by atoms with E-state index < -0.39 is 35.1 Å². The van der Waals surface area contributed by atoms with Gasteiger partial charge in [-0.1, -0.05) is 63.6 Å². The number of ether oxygens (including phenoxy) is 1. The Kier molecular flexibility index (Phi) is 7.52. The van der Waals surface area contributed by atoms with Crippen molar-refractivity contribution in [3.8, 4) is 0 Å². The number of hydrogen-bond acceptors (Lipinski definition) is 5. The maximum Gasteiger partial charge on any atom is 0.250 e. The van der Waals surface area contributed by atoms with E-state index in [4.69, 9.17) is 4.74 Å². The summed E-state index contributed by atoms with van der Waals surface area (Å²) in [6, 6.07) is 13.5. The van der Waals surface area contributed by atoms with Crippen molar-refractivity contribution in [1.82, 2.24) is 4.90 Å². The van der Waals surface area contributed by atoms with Crippen molar-refractivity contribution in [1.29, 1.82) is 0 Å². The molecule has 3 N–H and O–H groups in total. The second kappa shape index (κ2) is 10.6. The van der Waals surface area contributed by atoms with E-state index >= 15 is 0 Å². The zero-order chi connectivity index (χ0) is 28.8. The molecule has 3 fully saturated rings. The molecule has 0 saturated carbocycles. The Bertz CT molecular complexity index is 1280.